The molecule has 1 N–H and O–H groups in total. The molecule has 1 saturated carbocycles. The molecule has 0 bridgehead atoms. The van der Waals surface area contributed by atoms with E-state index in [1.165, 1.54) is 12.0 Å². The minimum atomic E-state index is -0.357. The fraction of sp³-hybridized carbons (Fsp3) is 0.333. The lowest BCUT2D eigenvalue weighted by Gasteiger charge is -2.46. The van der Waals surface area contributed by atoms with Gasteiger partial charge >= 0.3 is 0 Å². The molecule has 2 aromatic rings. The van der Waals surface area contributed by atoms with Crippen molar-refractivity contribution in [1.82, 2.24) is 0 Å². The van der Waals surface area contributed by atoms with Gasteiger partial charge in [-0.2, -0.15) is 11.3 Å². The average molecular weight is 244 g/mol. The number of hydrogen-bond acceptors (Lipinski definition) is 2. The summed E-state index contributed by atoms with van der Waals surface area (Å²) in [6.45, 7) is 0. The Hall–Kier alpha value is -1.12. The predicted molar refractivity (Wildman–Crippen MR) is 71.2 cm³/mol. The maximum absolute atomic E-state index is 10.6. The Morgan fingerprint density at radius 3 is 2.41 bits per heavy atom. The zero-order valence-corrected chi connectivity index (χ0v) is 10.5. The lowest BCUT2D eigenvalue weighted by Crippen LogP contribution is -2.40. The molecule has 0 saturated heterocycles. The van der Waals surface area contributed by atoms with Crippen molar-refractivity contribution in [2.75, 3.05) is 0 Å². The van der Waals surface area contributed by atoms with Gasteiger partial charge < -0.3 is 5.11 Å². The second-order valence-corrected chi connectivity index (χ2v) is 5.61. The molecule has 1 unspecified atom stereocenters. The zero-order chi connectivity index (χ0) is 11.7. The normalized spacial score (nSPS) is 19.6. The molecule has 1 heterocycles. The van der Waals surface area contributed by atoms with Crippen LogP contribution in [0.3, 0.4) is 0 Å². The minimum absolute atomic E-state index is 0.0394. The minimum Gasteiger partial charge on any atom is -0.387 e. The van der Waals surface area contributed by atoms with Crippen LogP contribution in [0.5, 0.6) is 0 Å². The van der Waals surface area contributed by atoms with Gasteiger partial charge in [0.05, 0.1) is 6.10 Å². The molecule has 0 spiro atoms. The fourth-order valence-corrected chi connectivity index (χ4v) is 3.48. The van der Waals surface area contributed by atoms with E-state index in [4.69, 9.17) is 0 Å². The van der Waals surface area contributed by atoms with Crippen LogP contribution in [0.15, 0.2) is 47.2 Å². The molecule has 1 nitrogen and oxygen atoms in total. The Kier molecular flexibility index (Phi) is 2.77. The van der Waals surface area contributed by atoms with Crippen molar-refractivity contribution in [2.24, 2.45) is 0 Å². The van der Waals surface area contributed by atoms with Crippen molar-refractivity contribution in [2.45, 2.75) is 30.8 Å². The average Bonchev–Trinajstić information content (AvgIpc) is 2.82. The van der Waals surface area contributed by atoms with Crippen molar-refractivity contribution in [1.29, 1.82) is 0 Å². The Bertz CT molecular complexity index is 471. The van der Waals surface area contributed by atoms with E-state index in [-0.39, 0.29) is 11.5 Å². The highest BCUT2D eigenvalue weighted by Crippen LogP contribution is 2.52. The molecule has 0 aliphatic heterocycles. The molecule has 1 aliphatic rings. The number of rotatable bonds is 3. The van der Waals surface area contributed by atoms with E-state index < -0.39 is 0 Å². The van der Waals surface area contributed by atoms with E-state index in [1.807, 2.05) is 17.5 Å². The van der Waals surface area contributed by atoms with Gasteiger partial charge in [-0.1, -0.05) is 36.8 Å². The molecular formula is C15H16OS. The number of benzene rings is 1. The Morgan fingerprint density at radius 2 is 1.88 bits per heavy atom. The van der Waals surface area contributed by atoms with Gasteiger partial charge in [0, 0.05) is 5.41 Å². The molecule has 0 radical (unpaired) electrons. The highest BCUT2D eigenvalue weighted by atomic mass is 32.1. The van der Waals surface area contributed by atoms with E-state index in [1.54, 1.807) is 11.3 Å². The van der Waals surface area contributed by atoms with Crippen LogP contribution in [0, 0.1) is 0 Å². The second-order valence-electron chi connectivity index (χ2n) is 4.83. The summed E-state index contributed by atoms with van der Waals surface area (Å²) in [5.41, 5.74) is 2.31. The molecule has 0 amide bonds. The van der Waals surface area contributed by atoms with E-state index in [0.717, 1.165) is 18.4 Å². The van der Waals surface area contributed by atoms with Crippen molar-refractivity contribution in [3.05, 3.63) is 58.3 Å². The molecule has 1 fully saturated rings. The van der Waals surface area contributed by atoms with Crippen LogP contribution in [0.1, 0.15) is 36.5 Å². The van der Waals surface area contributed by atoms with Gasteiger partial charge in [-0.15, -0.1) is 0 Å². The van der Waals surface area contributed by atoms with Gasteiger partial charge in [0.25, 0.3) is 0 Å². The number of thiophene rings is 1. The van der Waals surface area contributed by atoms with Gasteiger partial charge in [0.2, 0.25) is 0 Å². The third-order valence-corrected chi connectivity index (χ3v) is 4.68. The highest BCUT2D eigenvalue weighted by molar-refractivity contribution is 7.07. The second kappa shape index (κ2) is 4.28. The van der Waals surface area contributed by atoms with Crippen molar-refractivity contribution in [3.63, 3.8) is 0 Å². The molecular weight excluding hydrogens is 228 g/mol. The quantitative estimate of drug-likeness (QED) is 0.868. The van der Waals surface area contributed by atoms with Crippen LogP contribution in [0.2, 0.25) is 0 Å². The largest absolute Gasteiger partial charge is 0.387 e. The maximum Gasteiger partial charge on any atom is 0.0894 e. The Balaban J connectivity index is 1.98. The lowest BCUT2D eigenvalue weighted by atomic mass is 9.60. The third-order valence-electron chi connectivity index (χ3n) is 3.98. The van der Waals surface area contributed by atoms with Crippen LogP contribution in [-0.4, -0.2) is 5.11 Å². The van der Waals surface area contributed by atoms with Crippen LogP contribution < -0.4 is 0 Å². The molecule has 88 valence electrons. The molecule has 17 heavy (non-hydrogen) atoms. The molecule has 3 rings (SSSR count). The van der Waals surface area contributed by atoms with Crippen LogP contribution >= 0.6 is 11.3 Å². The van der Waals surface area contributed by atoms with E-state index in [9.17, 15) is 5.11 Å². The smallest absolute Gasteiger partial charge is 0.0894 e. The first-order valence-corrected chi connectivity index (χ1v) is 7.03. The summed E-state index contributed by atoms with van der Waals surface area (Å²) in [6.07, 6.45) is 3.04. The molecule has 1 aliphatic carbocycles. The molecule has 1 atom stereocenters. The van der Waals surface area contributed by atoms with Crippen LogP contribution in [0.25, 0.3) is 0 Å². The summed E-state index contributed by atoms with van der Waals surface area (Å²) in [5.74, 6) is 0. The lowest BCUT2D eigenvalue weighted by molar-refractivity contribution is 0.0271. The maximum atomic E-state index is 10.6. The number of aliphatic hydroxyl groups is 1. The van der Waals surface area contributed by atoms with Gasteiger partial charge in [-0.05, 0) is 40.8 Å². The predicted octanol–water partition coefficient (Wildman–Crippen LogP) is 3.90. The van der Waals surface area contributed by atoms with Crippen LogP contribution in [0.4, 0.5) is 0 Å². The number of hydrogen-bond donors (Lipinski definition) is 1. The SMILES string of the molecule is OC(c1ccsc1)C1(c2ccccc2)CCC1. The summed E-state index contributed by atoms with van der Waals surface area (Å²) in [7, 11) is 0. The van der Waals surface area contributed by atoms with Gasteiger partial charge in [0.1, 0.15) is 0 Å². The van der Waals surface area contributed by atoms with Gasteiger partial charge in [-0.25, -0.2) is 0 Å². The standard InChI is InChI=1S/C15H16OS/c16-14(12-7-10-17-11-12)15(8-4-9-15)13-5-2-1-3-6-13/h1-3,5-7,10-11,14,16H,4,8-9H2. The Morgan fingerprint density at radius 1 is 1.12 bits per heavy atom. The summed E-state index contributed by atoms with van der Waals surface area (Å²) in [6, 6.07) is 12.5. The van der Waals surface area contributed by atoms with E-state index in [2.05, 4.69) is 29.6 Å². The first-order valence-electron chi connectivity index (χ1n) is 6.09. The van der Waals surface area contributed by atoms with Crippen molar-refractivity contribution in [3.8, 4) is 0 Å². The summed E-state index contributed by atoms with van der Waals surface area (Å²) < 4.78 is 0. The third kappa shape index (κ3) is 1.72. The molecule has 1 aromatic heterocycles. The van der Waals surface area contributed by atoms with Gasteiger partial charge in [0.15, 0.2) is 0 Å². The topological polar surface area (TPSA) is 20.2 Å². The van der Waals surface area contributed by atoms with Crippen molar-refractivity contribution >= 4 is 11.3 Å². The first-order chi connectivity index (χ1) is 8.33. The summed E-state index contributed by atoms with van der Waals surface area (Å²) in [4.78, 5) is 0. The van der Waals surface area contributed by atoms with Crippen molar-refractivity contribution < 1.29 is 5.11 Å². The molecule has 1 aromatic carbocycles. The van der Waals surface area contributed by atoms with Crippen LogP contribution in [-0.2, 0) is 5.41 Å². The summed E-state index contributed by atoms with van der Waals surface area (Å²) >= 11 is 1.65. The highest BCUT2D eigenvalue weighted by Gasteiger charge is 2.45. The number of aliphatic hydroxyl groups excluding tert-OH is 1. The fourth-order valence-electron chi connectivity index (χ4n) is 2.80. The zero-order valence-electron chi connectivity index (χ0n) is 9.67. The summed E-state index contributed by atoms with van der Waals surface area (Å²) in [5, 5.41) is 14.7. The molecule has 2 heteroatoms. The monoisotopic (exact) mass is 244 g/mol. The first kappa shape index (κ1) is 11.0. The van der Waals surface area contributed by atoms with Gasteiger partial charge in [-0.3, -0.25) is 0 Å². The Labute approximate surface area is 106 Å². The van der Waals surface area contributed by atoms with E-state index in [0.29, 0.717) is 0 Å². The van der Waals surface area contributed by atoms with E-state index >= 15 is 0 Å².